The Balaban J connectivity index is 1.34. The lowest BCUT2D eigenvalue weighted by Crippen LogP contribution is -2.29. The molecule has 0 atom stereocenters. The third-order valence-corrected chi connectivity index (χ3v) is 6.22. The molecule has 2 aliphatic rings. The first-order valence-corrected chi connectivity index (χ1v) is 11.2. The molecule has 2 fully saturated rings. The molecule has 2 heterocycles. The zero-order chi connectivity index (χ0) is 20.9. The van der Waals surface area contributed by atoms with E-state index in [-0.39, 0.29) is 11.8 Å². The molecule has 0 unspecified atom stereocenters. The number of anilines is 1. The molecule has 2 saturated heterocycles. The van der Waals surface area contributed by atoms with Crippen LogP contribution in [0.2, 0.25) is 5.02 Å². The molecule has 0 saturated carbocycles. The van der Waals surface area contributed by atoms with Crippen molar-refractivity contribution >= 4 is 29.1 Å². The van der Waals surface area contributed by atoms with Crippen LogP contribution in [0.4, 0.5) is 5.69 Å². The number of carbonyl (C=O) groups excluding carboxylic acids is 2. The summed E-state index contributed by atoms with van der Waals surface area (Å²) in [5, 5.41) is 3.46. The number of hydrogen-bond acceptors (Lipinski definition) is 3. The van der Waals surface area contributed by atoms with Gasteiger partial charge in [-0.15, -0.1) is 0 Å². The summed E-state index contributed by atoms with van der Waals surface area (Å²) in [6, 6.07) is 13.6. The number of rotatable bonds is 6. The maximum atomic E-state index is 12.6. The van der Waals surface area contributed by atoms with Gasteiger partial charge in [-0.3, -0.25) is 14.5 Å². The smallest absolute Gasteiger partial charge is 0.251 e. The molecule has 2 aromatic carbocycles. The third-order valence-electron chi connectivity index (χ3n) is 5.90. The normalized spacial score (nSPS) is 17.4. The van der Waals surface area contributed by atoms with E-state index in [1.807, 2.05) is 0 Å². The maximum absolute atomic E-state index is 12.6. The molecule has 2 aliphatic heterocycles. The van der Waals surface area contributed by atoms with E-state index in [1.165, 1.54) is 37.9 Å². The predicted molar refractivity (Wildman–Crippen MR) is 120 cm³/mol. The van der Waals surface area contributed by atoms with Gasteiger partial charge in [0.25, 0.3) is 5.91 Å². The van der Waals surface area contributed by atoms with Crippen molar-refractivity contribution in [1.29, 1.82) is 0 Å². The van der Waals surface area contributed by atoms with Gasteiger partial charge < -0.3 is 10.2 Å². The van der Waals surface area contributed by atoms with E-state index in [4.69, 9.17) is 11.6 Å². The van der Waals surface area contributed by atoms with Crippen molar-refractivity contribution < 1.29 is 9.59 Å². The Morgan fingerprint density at radius 2 is 1.67 bits per heavy atom. The van der Waals surface area contributed by atoms with Crippen LogP contribution in [0, 0.1) is 0 Å². The Morgan fingerprint density at radius 3 is 2.37 bits per heavy atom. The lowest BCUT2D eigenvalue weighted by Gasteiger charge is -2.26. The summed E-state index contributed by atoms with van der Waals surface area (Å²) >= 11 is 6.27. The van der Waals surface area contributed by atoms with Gasteiger partial charge in [0.1, 0.15) is 0 Å². The number of nitrogens with one attached hydrogen (secondary N) is 1. The van der Waals surface area contributed by atoms with Crippen LogP contribution in [-0.2, 0) is 17.9 Å². The molecule has 0 bridgehead atoms. The number of piperidine rings is 1. The molecule has 6 heteroatoms. The topological polar surface area (TPSA) is 52.7 Å². The minimum Gasteiger partial charge on any atom is -0.348 e. The molecule has 5 nitrogen and oxygen atoms in total. The van der Waals surface area contributed by atoms with Crippen molar-refractivity contribution in [2.45, 2.75) is 45.2 Å². The van der Waals surface area contributed by atoms with Gasteiger partial charge in [0.2, 0.25) is 5.91 Å². The highest BCUT2D eigenvalue weighted by atomic mass is 35.5. The van der Waals surface area contributed by atoms with Gasteiger partial charge in [-0.1, -0.05) is 42.3 Å². The monoisotopic (exact) mass is 425 g/mol. The van der Waals surface area contributed by atoms with Crippen LogP contribution in [0.25, 0.3) is 0 Å². The number of nitrogens with zero attached hydrogens (tertiary/aromatic N) is 2. The second kappa shape index (κ2) is 9.63. The van der Waals surface area contributed by atoms with Gasteiger partial charge in [0.15, 0.2) is 0 Å². The molecule has 1 N–H and O–H groups in total. The Kier molecular flexibility index (Phi) is 6.70. The fourth-order valence-corrected chi connectivity index (χ4v) is 4.41. The second-order valence-corrected chi connectivity index (χ2v) is 8.56. The summed E-state index contributed by atoms with van der Waals surface area (Å²) in [5.41, 5.74) is 3.50. The Labute approximate surface area is 183 Å². The fourth-order valence-electron chi connectivity index (χ4n) is 4.19. The average molecular weight is 426 g/mol. The van der Waals surface area contributed by atoms with E-state index >= 15 is 0 Å². The molecule has 0 aromatic heterocycles. The summed E-state index contributed by atoms with van der Waals surface area (Å²) in [4.78, 5) is 28.8. The first-order chi connectivity index (χ1) is 14.6. The third kappa shape index (κ3) is 5.02. The average Bonchev–Trinajstić information content (AvgIpc) is 3.20. The van der Waals surface area contributed by atoms with Crippen LogP contribution in [0.5, 0.6) is 0 Å². The van der Waals surface area contributed by atoms with Gasteiger partial charge in [-0.25, -0.2) is 0 Å². The van der Waals surface area contributed by atoms with E-state index in [9.17, 15) is 9.59 Å². The van der Waals surface area contributed by atoms with Crippen molar-refractivity contribution in [3.8, 4) is 0 Å². The molecule has 30 heavy (non-hydrogen) atoms. The zero-order valence-electron chi connectivity index (χ0n) is 17.2. The van der Waals surface area contributed by atoms with Crippen molar-refractivity contribution in [3.05, 3.63) is 64.2 Å². The number of likely N-dealkylation sites (tertiary alicyclic amines) is 1. The summed E-state index contributed by atoms with van der Waals surface area (Å²) in [6.07, 6.45) is 5.28. The largest absolute Gasteiger partial charge is 0.348 e. The van der Waals surface area contributed by atoms with Crippen molar-refractivity contribution in [1.82, 2.24) is 10.2 Å². The summed E-state index contributed by atoms with van der Waals surface area (Å²) in [7, 11) is 0. The second-order valence-electron chi connectivity index (χ2n) is 8.15. The van der Waals surface area contributed by atoms with Crippen LogP contribution in [0.3, 0.4) is 0 Å². The lowest BCUT2D eigenvalue weighted by atomic mass is 10.1. The van der Waals surface area contributed by atoms with Crippen LogP contribution in [0.1, 0.15) is 53.6 Å². The van der Waals surface area contributed by atoms with Gasteiger partial charge in [-0.05, 0) is 61.7 Å². The Morgan fingerprint density at radius 1 is 0.933 bits per heavy atom. The van der Waals surface area contributed by atoms with Gasteiger partial charge in [0, 0.05) is 31.6 Å². The van der Waals surface area contributed by atoms with Crippen LogP contribution >= 0.6 is 11.6 Å². The molecule has 0 aliphatic carbocycles. The minimum absolute atomic E-state index is 0.0547. The van der Waals surface area contributed by atoms with E-state index in [1.54, 1.807) is 23.1 Å². The molecular weight excluding hydrogens is 398 g/mol. The van der Waals surface area contributed by atoms with E-state index in [0.29, 0.717) is 35.8 Å². The van der Waals surface area contributed by atoms with E-state index in [2.05, 4.69) is 34.5 Å². The first-order valence-electron chi connectivity index (χ1n) is 10.8. The maximum Gasteiger partial charge on any atom is 0.251 e. The summed E-state index contributed by atoms with van der Waals surface area (Å²) in [6.45, 7) is 4.47. The highest BCUT2D eigenvalue weighted by Crippen LogP contribution is 2.30. The number of carbonyl (C=O) groups is 2. The van der Waals surface area contributed by atoms with Crippen LogP contribution in [-0.4, -0.2) is 36.3 Å². The molecule has 4 rings (SSSR count). The van der Waals surface area contributed by atoms with Crippen molar-refractivity contribution in [2.24, 2.45) is 0 Å². The first kappa shape index (κ1) is 20.9. The Hall–Kier alpha value is -2.37. The van der Waals surface area contributed by atoms with E-state index < -0.39 is 0 Å². The lowest BCUT2D eigenvalue weighted by molar-refractivity contribution is -0.117. The van der Waals surface area contributed by atoms with Crippen molar-refractivity contribution in [2.75, 3.05) is 24.5 Å². The zero-order valence-corrected chi connectivity index (χ0v) is 18.0. The van der Waals surface area contributed by atoms with Crippen molar-refractivity contribution in [3.63, 3.8) is 0 Å². The number of benzene rings is 2. The van der Waals surface area contributed by atoms with Crippen LogP contribution in [0.15, 0.2) is 42.5 Å². The van der Waals surface area contributed by atoms with E-state index in [0.717, 1.165) is 18.5 Å². The molecule has 0 radical (unpaired) electrons. The van der Waals surface area contributed by atoms with Gasteiger partial charge in [-0.2, -0.15) is 0 Å². The highest BCUT2D eigenvalue weighted by molar-refractivity contribution is 6.34. The SMILES string of the molecule is O=C(NCc1ccc(CN2CCCCC2)cc1)c1ccc(Cl)c(N2CCCC2=O)c1. The quantitative estimate of drug-likeness (QED) is 0.747. The highest BCUT2D eigenvalue weighted by Gasteiger charge is 2.24. The summed E-state index contributed by atoms with van der Waals surface area (Å²) < 4.78 is 0. The summed E-state index contributed by atoms with van der Waals surface area (Å²) in [5.74, 6) is -0.115. The number of hydrogen-bond donors (Lipinski definition) is 1. The molecule has 2 aromatic rings. The number of halogens is 1. The predicted octanol–water partition coefficient (Wildman–Crippen LogP) is 4.38. The molecular formula is C24H28ClN3O2. The fraction of sp³-hybridized carbons (Fsp3) is 0.417. The van der Waals surface area contributed by atoms with Gasteiger partial charge in [0.05, 0.1) is 10.7 Å². The standard InChI is InChI=1S/C24H28ClN3O2/c25-21-11-10-20(15-22(21)28-14-4-5-23(28)29)24(30)26-16-18-6-8-19(9-7-18)17-27-12-2-1-3-13-27/h6-11,15H,1-5,12-14,16-17H2,(H,26,30). The molecule has 158 valence electrons. The number of amides is 2. The van der Waals surface area contributed by atoms with Gasteiger partial charge >= 0.3 is 0 Å². The molecule has 0 spiro atoms. The minimum atomic E-state index is -0.169. The molecule has 2 amide bonds. The Bertz CT molecular complexity index is 907. The van der Waals surface area contributed by atoms with Crippen LogP contribution < -0.4 is 10.2 Å².